The molecular formula is C17H27N. The van der Waals surface area contributed by atoms with E-state index in [2.05, 4.69) is 45.1 Å². The highest BCUT2D eigenvalue weighted by molar-refractivity contribution is 5.38. The summed E-state index contributed by atoms with van der Waals surface area (Å²) in [5, 5.41) is 3.70. The minimum absolute atomic E-state index is 0.684. The summed E-state index contributed by atoms with van der Waals surface area (Å²) in [4.78, 5) is 0. The van der Waals surface area contributed by atoms with Crippen LogP contribution in [0.4, 0.5) is 0 Å². The summed E-state index contributed by atoms with van der Waals surface area (Å²) < 4.78 is 0. The lowest BCUT2D eigenvalue weighted by Crippen LogP contribution is -2.41. The average molecular weight is 245 g/mol. The van der Waals surface area contributed by atoms with Gasteiger partial charge in [0, 0.05) is 6.04 Å². The van der Waals surface area contributed by atoms with Crippen LogP contribution in [0.3, 0.4) is 0 Å². The van der Waals surface area contributed by atoms with E-state index in [0.717, 1.165) is 12.5 Å². The van der Waals surface area contributed by atoms with E-state index in [0.29, 0.717) is 6.04 Å². The smallest absolute Gasteiger partial charge is 0.0136 e. The molecule has 1 aromatic carbocycles. The Bertz CT molecular complexity index is 381. The first-order valence-electron chi connectivity index (χ1n) is 7.42. The molecule has 1 atom stereocenters. The molecule has 0 saturated heterocycles. The molecule has 0 heterocycles. The summed E-state index contributed by atoms with van der Waals surface area (Å²) in [7, 11) is 0. The van der Waals surface area contributed by atoms with E-state index in [9.17, 15) is 0 Å². The Kier molecular flexibility index (Phi) is 4.45. The number of aryl methyl sites for hydroxylation is 3. The Labute approximate surface area is 112 Å². The fourth-order valence-electron chi connectivity index (χ4n) is 3.26. The SMILES string of the molecule is CCNC(Cc1c(C)cc(C)cc1C)C1CCC1. The molecule has 1 unspecified atom stereocenters. The minimum atomic E-state index is 0.684. The maximum absolute atomic E-state index is 3.70. The lowest BCUT2D eigenvalue weighted by Gasteiger charge is -2.35. The van der Waals surface area contributed by atoms with Crippen molar-refractivity contribution in [2.24, 2.45) is 5.92 Å². The zero-order valence-electron chi connectivity index (χ0n) is 12.3. The van der Waals surface area contributed by atoms with E-state index in [1.807, 2.05) is 0 Å². The van der Waals surface area contributed by atoms with Gasteiger partial charge in [0.25, 0.3) is 0 Å². The molecule has 100 valence electrons. The van der Waals surface area contributed by atoms with Gasteiger partial charge in [0.1, 0.15) is 0 Å². The molecule has 18 heavy (non-hydrogen) atoms. The Hall–Kier alpha value is -0.820. The van der Waals surface area contributed by atoms with Crippen LogP contribution in [0.1, 0.15) is 48.4 Å². The number of hydrogen-bond donors (Lipinski definition) is 1. The first kappa shape index (κ1) is 13.6. The van der Waals surface area contributed by atoms with Gasteiger partial charge in [-0.05, 0) is 69.2 Å². The van der Waals surface area contributed by atoms with Crippen molar-refractivity contribution >= 4 is 0 Å². The zero-order chi connectivity index (χ0) is 13.1. The van der Waals surface area contributed by atoms with E-state index in [-0.39, 0.29) is 0 Å². The molecule has 0 aromatic heterocycles. The highest BCUT2D eigenvalue weighted by Crippen LogP contribution is 2.32. The fourth-order valence-corrected chi connectivity index (χ4v) is 3.26. The van der Waals surface area contributed by atoms with Crippen molar-refractivity contribution in [3.63, 3.8) is 0 Å². The van der Waals surface area contributed by atoms with Gasteiger partial charge in [-0.3, -0.25) is 0 Å². The van der Waals surface area contributed by atoms with Crippen LogP contribution in [-0.2, 0) is 6.42 Å². The second-order valence-corrected chi connectivity index (χ2v) is 5.94. The molecule has 1 saturated carbocycles. The van der Waals surface area contributed by atoms with E-state index in [4.69, 9.17) is 0 Å². The monoisotopic (exact) mass is 245 g/mol. The Morgan fingerprint density at radius 2 is 1.78 bits per heavy atom. The summed E-state index contributed by atoms with van der Waals surface area (Å²) in [6.45, 7) is 10.0. The first-order chi connectivity index (χ1) is 8.61. The Morgan fingerprint density at radius 3 is 2.22 bits per heavy atom. The van der Waals surface area contributed by atoms with Gasteiger partial charge in [0.15, 0.2) is 0 Å². The van der Waals surface area contributed by atoms with Gasteiger partial charge >= 0.3 is 0 Å². The van der Waals surface area contributed by atoms with Crippen molar-refractivity contribution in [2.75, 3.05) is 6.54 Å². The molecule has 0 radical (unpaired) electrons. The van der Waals surface area contributed by atoms with Gasteiger partial charge in [0.2, 0.25) is 0 Å². The number of nitrogens with one attached hydrogen (secondary N) is 1. The van der Waals surface area contributed by atoms with Crippen molar-refractivity contribution in [3.05, 3.63) is 34.4 Å². The maximum atomic E-state index is 3.70. The molecule has 0 aliphatic heterocycles. The van der Waals surface area contributed by atoms with Gasteiger partial charge in [-0.1, -0.05) is 31.0 Å². The van der Waals surface area contributed by atoms with Crippen LogP contribution in [0, 0.1) is 26.7 Å². The summed E-state index contributed by atoms with van der Waals surface area (Å²) in [5.41, 5.74) is 5.89. The third kappa shape index (κ3) is 2.95. The molecule has 2 rings (SSSR count). The molecule has 1 heteroatoms. The highest BCUT2D eigenvalue weighted by Gasteiger charge is 2.27. The second-order valence-electron chi connectivity index (χ2n) is 5.94. The van der Waals surface area contributed by atoms with Crippen molar-refractivity contribution < 1.29 is 0 Å². The van der Waals surface area contributed by atoms with Gasteiger partial charge in [-0.15, -0.1) is 0 Å². The van der Waals surface area contributed by atoms with E-state index in [1.54, 1.807) is 5.56 Å². The van der Waals surface area contributed by atoms with Crippen LogP contribution in [0.25, 0.3) is 0 Å². The molecule has 1 aliphatic carbocycles. The molecule has 1 fully saturated rings. The zero-order valence-corrected chi connectivity index (χ0v) is 12.3. The fraction of sp³-hybridized carbons (Fsp3) is 0.647. The van der Waals surface area contributed by atoms with Crippen molar-refractivity contribution in [1.82, 2.24) is 5.32 Å². The molecule has 1 aromatic rings. The van der Waals surface area contributed by atoms with E-state index in [1.165, 1.54) is 42.4 Å². The summed E-state index contributed by atoms with van der Waals surface area (Å²) in [6.07, 6.45) is 5.47. The Morgan fingerprint density at radius 1 is 1.17 bits per heavy atom. The molecule has 0 amide bonds. The van der Waals surface area contributed by atoms with Crippen LogP contribution >= 0.6 is 0 Å². The van der Waals surface area contributed by atoms with Crippen molar-refractivity contribution in [1.29, 1.82) is 0 Å². The van der Waals surface area contributed by atoms with Crippen LogP contribution in [0.5, 0.6) is 0 Å². The van der Waals surface area contributed by atoms with Gasteiger partial charge < -0.3 is 5.32 Å². The number of rotatable bonds is 5. The van der Waals surface area contributed by atoms with E-state index < -0.39 is 0 Å². The van der Waals surface area contributed by atoms with Crippen molar-refractivity contribution in [3.8, 4) is 0 Å². The lowest BCUT2D eigenvalue weighted by molar-refractivity contribution is 0.229. The second kappa shape index (κ2) is 5.88. The minimum Gasteiger partial charge on any atom is -0.314 e. The third-order valence-corrected chi connectivity index (χ3v) is 4.45. The summed E-state index contributed by atoms with van der Waals surface area (Å²) in [5.74, 6) is 0.907. The molecular weight excluding hydrogens is 218 g/mol. The molecule has 0 bridgehead atoms. The topological polar surface area (TPSA) is 12.0 Å². The van der Waals surface area contributed by atoms with Crippen LogP contribution in [-0.4, -0.2) is 12.6 Å². The maximum Gasteiger partial charge on any atom is 0.0136 e. The van der Waals surface area contributed by atoms with Crippen molar-refractivity contribution in [2.45, 2.75) is 59.4 Å². The largest absolute Gasteiger partial charge is 0.314 e. The summed E-state index contributed by atoms with van der Waals surface area (Å²) in [6, 6.07) is 5.34. The van der Waals surface area contributed by atoms with E-state index >= 15 is 0 Å². The molecule has 1 N–H and O–H groups in total. The quantitative estimate of drug-likeness (QED) is 0.828. The lowest BCUT2D eigenvalue weighted by atomic mass is 9.76. The summed E-state index contributed by atoms with van der Waals surface area (Å²) >= 11 is 0. The predicted octanol–water partition coefficient (Wildman–Crippen LogP) is 3.93. The predicted molar refractivity (Wildman–Crippen MR) is 79.2 cm³/mol. The number of likely N-dealkylation sites (N-methyl/N-ethyl adjacent to an activating group) is 1. The normalized spacial score (nSPS) is 17.6. The first-order valence-corrected chi connectivity index (χ1v) is 7.42. The Balaban J connectivity index is 2.15. The molecule has 1 aliphatic rings. The average Bonchev–Trinajstić information content (AvgIpc) is 2.20. The molecule has 0 spiro atoms. The van der Waals surface area contributed by atoms with Crippen LogP contribution < -0.4 is 5.32 Å². The van der Waals surface area contributed by atoms with Gasteiger partial charge in [-0.2, -0.15) is 0 Å². The highest BCUT2D eigenvalue weighted by atomic mass is 14.9. The van der Waals surface area contributed by atoms with Crippen LogP contribution in [0.2, 0.25) is 0 Å². The number of hydrogen-bond acceptors (Lipinski definition) is 1. The number of benzene rings is 1. The van der Waals surface area contributed by atoms with Crippen LogP contribution in [0.15, 0.2) is 12.1 Å². The van der Waals surface area contributed by atoms with Gasteiger partial charge in [0.05, 0.1) is 0 Å². The molecule has 1 nitrogen and oxygen atoms in total. The standard InChI is InChI=1S/C17H27N/c1-5-18-17(15-7-6-8-15)11-16-13(3)9-12(2)10-14(16)4/h9-10,15,17-18H,5-8,11H2,1-4H3. The third-order valence-electron chi connectivity index (χ3n) is 4.45. The van der Waals surface area contributed by atoms with Gasteiger partial charge in [-0.25, -0.2) is 0 Å².